The molecule has 0 unspecified atom stereocenters. The van der Waals surface area contributed by atoms with Gasteiger partial charge in [0.25, 0.3) is 11.1 Å². The third-order valence-electron chi connectivity index (χ3n) is 2.04. The molecule has 0 aromatic heterocycles. The summed E-state index contributed by atoms with van der Waals surface area (Å²) in [6.07, 6.45) is 1.06. The molecular formula is C11H7ClN2O3S. The van der Waals surface area contributed by atoms with E-state index in [1.54, 1.807) is 24.3 Å². The van der Waals surface area contributed by atoms with Gasteiger partial charge in [-0.15, -0.1) is 0 Å². The van der Waals surface area contributed by atoms with Gasteiger partial charge in [-0.1, -0.05) is 23.7 Å². The topological polar surface area (TPSA) is 75.3 Å². The summed E-state index contributed by atoms with van der Waals surface area (Å²) in [5.74, 6) is -1.09. The number of anilines is 1. The van der Waals surface area contributed by atoms with Gasteiger partial charge in [0, 0.05) is 6.08 Å². The maximum Gasteiger partial charge on any atom is 0.290 e. The highest BCUT2D eigenvalue weighted by molar-refractivity contribution is 8.18. The summed E-state index contributed by atoms with van der Waals surface area (Å²) in [6, 6.07) is 6.71. The number of hydrogen-bond donors (Lipinski definition) is 2. The van der Waals surface area contributed by atoms with Crippen molar-refractivity contribution in [2.45, 2.75) is 0 Å². The average molecular weight is 283 g/mol. The highest BCUT2D eigenvalue weighted by atomic mass is 35.5. The molecule has 3 amide bonds. The number of thioether (sulfide) groups is 1. The molecule has 0 atom stereocenters. The van der Waals surface area contributed by atoms with Crippen LogP contribution in [-0.2, 0) is 9.59 Å². The van der Waals surface area contributed by atoms with Crippen molar-refractivity contribution in [2.75, 3.05) is 5.32 Å². The normalized spacial score (nSPS) is 16.8. The molecule has 0 radical (unpaired) electrons. The number of halogens is 1. The van der Waals surface area contributed by atoms with Crippen molar-refractivity contribution in [3.63, 3.8) is 0 Å². The summed E-state index contributed by atoms with van der Waals surface area (Å²) in [5.41, 5.74) is 0.441. The molecule has 1 fully saturated rings. The molecule has 1 saturated heterocycles. The SMILES string of the molecule is O=C(/C=C1\SC(=O)NC1=O)Nc1ccccc1Cl. The second-order valence-corrected chi connectivity index (χ2v) is 4.74. The van der Waals surface area contributed by atoms with E-state index in [2.05, 4.69) is 10.6 Å². The molecule has 0 bridgehead atoms. The van der Waals surface area contributed by atoms with Gasteiger partial charge in [0.1, 0.15) is 0 Å². The van der Waals surface area contributed by atoms with Crippen LogP contribution in [0.2, 0.25) is 5.02 Å². The first-order valence-corrected chi connectivity index (χ1v) is 6.06. The van der Waals surface area contributed by atoms with Crippen molar-refractivity contribution in [3.8, 4) is 0 Å². The third-order valence-corrected chi connectivity index (χ3v) is 3.18. The molecule has 1 aromatic rings. The number of para-hydroxylation sites is 1. The Balaban J connectivity index is 2.10. The Labute approximate surface area is 112 Å². The Morgan fingerprint density at radius 3 is 2.67 bits per heavy atom. The number of imide groups is 1. The Morgan fingerprint density at radius 1 is 1.33 bits per heavy atom. The molecule has 18 heavy (non-hydrogen) atoms. The molecule has 0 aliphatic carbocycles. The molecular weight excluding hydrogens is 276 g/mol. The minimum Gasteiger partial charge on any atom is -0.321 e. The highest BCUT2D eigenvalue weighted by Crippen LogP contribution is 2.24. The molecule has 0 saturated carbocycles. The van der Waals surface area contributed by atoms with Crippen LogP contribution in [0.15, 0.2) is 35.2 Å². The van der Waals surface area contributed by atoms with Crippen molar-refractivity contribution in [3.05, 3.63) is 40.3 Å². The second kappa shape index (κ2) is 5.24. The Hall–Kier alpha value is -1.79. The van der Waals surface area contributed by atoms with Crippen molar-refractivity contribution in [1.29, 1.82) is 0 Å². The molecule has 2 rings (SSSR count). The molecule has 5 nitrogen and oxygen atoms in total. The minimum atomic E-state index is -0.570. The summed E-state index contributed by atoms with van der Waals surface area (Å²) in [5, 5.41) is 4.48. The van der Waals surface area contributed by atoms with Crippen LogP contribution in [0, 0.1) is 0 Å². The molecule has 7 heteroatoms. The van der Waals surface area contributed by atoms with Crippen LogP contribution < -0.4 is 10.6 Å². The lowest BCUT2D eigenvalue weighted by molar-refractivity contribution is -0.116. The largest absolute Gasteiger partial charge is 0.321 e. The quantitative estimate of drug-likeness (QED) is 0.815. The van der Waals surface area contributed by atoms with Crippen molar-refractivity contribution in [1.82, 2.24) is 5.32 Å². The summed E-state index contributed by atoms with van der Waals surface area (Å²) in [7, 11) is 0. The van der Waals surface area contributed by atoms with Crippen LogP contribution in [-0.4, -0.2) is 17.1 Å². The predicted molar refractivity (Wildman–Crippen MR) is 69.3 cm³/mol. The van der Waals surface area contributed by atoms with E-state index >= 15 is 0 Å². The van der Waals surface area contributed by atoms with E-state index in [4.69, 9.17) is 11.6 Å². The van der Waals surface area contributed by atoms with Gasteiger partial charge in [-0.3, -0.25) is 19.7 Å². The van der Waals surface area contributed by atoms with Crippen molar-refractivity contribution < 1.29 is 14.4 Å². The summed E-state index contributed by atoms with van der Waals surface area (Å²) < 4.78 is 0. The van der Waals surface area contributed by atoms with Crippen LogP contribution in [0.3, 0.4) is 0 Å². The van der Waals surface area contributed by atoms with E-state index in [-0.39, 0.29) is 4.91 Å². The number of hydrogen-bond acceptors (Lipinski definition) is 4. The molecule has 1 aliphatic rings. The molecule has 92 valence electrons. The Morgan fingerprint density at radius 2 is 2.06 bits per heavy atom. The first-order valence-electron chi connectivity index (χ1n) is 4.86. The molecule has 1 heterocycles. The van der Waals surface area contributed by atoms with Gasteiger partial charge in [-0.05, 0) is 23.9 Å². The van der Waals surface area contributed by atoms with Gasteiger partial charge in [0.15, 0.2) is 0 Å². The summed E-state index contributed by atoms with van der Waals surface area (Å²) >= 11 is 6.55. The van der Waals surface area contributed by atoms with E-state index in [1.807, 2.05) is 0 Å². The number of benzene rings is 1. The van der Waals surface area contributed by atoms with Crippen LogP contribution in [0.25, 0.3) is 0 Å². The van der Waals surface area contributed by atoms with Gasteiger partial charge in [0.2, 0.25) is 5.91 Å². The van der Waals surface area contributed by atoms with Crippen molar-refractivity contribution in [2.24, 2.45) is 0 Å². The van der Waals surface area contributed by atoms with E-state index < -0.39 is 17.1 Å². The summed E-state index contributed by atoms with van der Waals surface area (Å²) in [4.78, 5) is 33.8. The van der Waals surface area contributed by atoms with Crippen molar-refractivity contribution >= 4 is 46.1 Å². The first kappa shape index (κ1) is 12.7. The monoisotopic (exact) mass is 282 g/mol. The van der Waals surface area contributed by atoms with Crippen LogP contribution in [0.5, 0.6) is 0 Å². The average Bonchev–Trinajstić information content (AvgIpc) is 2.61. The predicted octanol–water partition coefficient (Wildman–Crippen LogP) is 2.15. The van der Waals surface area contributed by atoms with E-state index in [0.29, 0.717) is 22.5 Å². The van der Waals surface area contributed by atoms with Gasteiger partial charge < -0.3 is 5.32 Å². The lowest BCUT2D eigenvalue weighted by Gasteiger charge is -2.03. The van der Waals surface area contributed by atoms with E-state index in [9.17, 15) is 14.4 Å². The summed E-state index contributed by atoms with van der Waals surface area (Å²) in [6.45, 7) is 0. The zero-order valence-electron chi connectivity index (χ0n) is 8.90. The van der Waals surface area contributed by atoms with Gasteiger partial charge >= 0.3 is 0 Å². The smallest absolute Gasteiger partial charge is 0.290 e. The minimum absolute atomic E-state index is 0.0598. The Bertz CT molecular complexity index is 571. The number of amides is 3. The molecule has 1 aromatic carbocycles. The maximum atomic E-state index is 11.6. The standard InChI is InChI=1S/C11H7ClN2O3S/c12-6-3-1-2-4-7(6)13-9(15)5-8-10(16)14-11(17)18-8/h1-5H,(H,13,15)(H,14,16,17)/b8-5-. The van der Waals surface area contributed by atoms with Crippen LogP contribution in [0.1, 0.15) is 0 Å². The van der Waals surface area contributed by atoms with E-state index in [0.717, 1.165) is 6.08 Å². The lowest BCUT2D eigenvalue weighted by Crippen LogP contribution is -2.18. The molecule has 2 N–H and O–H groups in total. The fourth-order valence-corrected chi connectivity index (χ4v) is 2.11. The maximum absolute atomic E-state index is 11.6. The van der Waals surface area contributed by atoms with Crippen LogP contribution >= 0.6 is 23.4 Å². The Kier molecular flexibility index (Phi) is 3.69. The van der Waals surface area contributed by atoms with E-state index in [1.165, 1.54) is 0 Å². The molecule has 1 aliphatic heterocycles. The number of rotatable bonds is 2. The van der Waals surface area contributed by atoms with Gasteiger partial charge in [0.05, 0.1) is 15.6 Å². The number of carbonyl (C=O) groups excluding carboxylic acids is 3. The fraction of sp³-hybridized carbons (Fsp3) is 0. The van der Waals surface area contributed by atoms with Gasteiger partial charge in [-0.2, -0.15) is 0 Å². The second-order valence-electron chi connectivity index (χ2n) is 3.32. The third kappa shape index (κ3) is 2.91. The zero-order chi connectivity index (χ0) is 13.1. The van der Waals surface area contributed by atoms with Gasteiger partial charge in [-0.25, -0.2) is 0 Å². The fourth-order valence-electron chi connectivity index (χ4n) is 1.27. The lowest BCUT2D eigenvalue weighted by atomic mass is 10.3. The zero-order valence-corrected chi connectivity index (χ0v) is 10.5. The number of nitrogens with one attached hydrogen (secondary N) is 2. The molecule has 0 spiro atoms. The number of carbonyl (C=O) groups is 3. The van der Waals surface area contributed by atoms with Crippen LogP contribution in [0.4, 0.5) is 10.5 Å². The highest BCUT2D eigenvalue weighted by Gasteiger charge is 2.25. The first-order chi connectivity index (χ1) is 8.56.